The maximum absolute atomic E-state index is 13.0. The molecule has 2 heterocycles. The lowest BCUT2D eigenvalue weighted by atomic mass is 10.1. The molecule has 0 radical (unpaired) electrons. The second-order valence-corrected chi connectivity index (χ2v) is 9.47. The quantitative estimate of drug-likeness (QED) is 0.475. The van der Waals surface area contributed by atoms with E-state index in [1.165, 1.54) is 23.3 Å². The van der Waals surface area contributed by atoms with Gasteiger partial charge in [0, 0.05) is 32.7 Å². The Hall–Kier alpha value is -2.91. The molecule has 1 aliphatic rings. The molecule has 5 nitrogen and oxygen atoms in total. The number of alkyl halides is 3. The number of aryl methyl sites for hydroxylation is 2. The first-order chi connectivity index (χ1) is 16.6. The van der Waals surface area contributed by atoms with Crippen LogP contribution in [0.4, 0.5) is 18.9 Å². The van der Waals surface area contributed by atoms with Crippen LogP contribution in [0, 0.1) is 20.8 Å². The number of nitrogens with zero attached hydrogens (tertiary/aromatic N) is 4. The van der Waals surface area contributed by atoms with Gasteiger partial charge in [0.1, 0.15) is 0 Å². The van der Waals surface area contributed by atoms with E-state index in [9.17, 15) is 13.2 Å². The standard InChI is InChI=1S/C26H30F3N5S/c1-18-7-9-21(10-8-18)17-34-20(3)24(19(2)31-34)30-25(35)33-13-11-32(12-14-33)16-22-5-4-6-23(15-22)26(27,28)29/h4-10,15H,11-14,16-17H2,1-3H3,(H,30,35). The maximum Gasteiger partial charge on any atom is 0.416 e. The van der Waals surface area contributed by atoms with Crippen molar-refractivity contribution in [2.45, 2.75) is 40.0 Å². The van der Waals surface area contributed by atoms with Gasteiger partial charge < -0.3 is 10.2 Å². The molecule has 0 atom stereocenters. The van der Waals surface area contributed by atoms with Gasteiger partial charge in [-0.3, -0.25) is 9.58 Å². The molecule has 9 heteroatoms. The number of halogens is 3. The van der Waals surface area contributed by atoms with Gasteiger partial charge in [-0.1, -0.05) is 48.0 Å². The summed E-state index contributed by atoms with van der Waals surface area (Å²) in [7, 11) is 0. The highest BCUT2D eigenvalue weighted by Gasteiger charge is 2.30. The number of nitrogens with one attached hydrogen (secondary N) is 1. The number of benzene rings is 2. The largest absolute Gasteiger partial charge is 0.416 e. The minimum absolute atomic E-state index is 0.488. The van der Waals surface area contributed by atoms with E-state index in [2.05, 4.69) is 46.3 Å². The summed E-state index contributed by atoms with van der Waals surface area (Å²) in [5, 5.41) is 8.72. The average molecular weight is 502 g/mol. The molecular formula is C26H30F3N5S. The first kappa shape index (κ1) is 25.2. The minimum Gasteiger partial charge on any atom is -0.346 e. The van der Waals surface area contributed by atoms with E-state index in [4.69, 9.17) is 17.3 Å². The Morgan fingerprint density at radius 2 is 1.63 bits per heavy atom. The molecule has 2 aromatic carbocycles. The Morgan fingerprint density at radius 1 is 0.943 bits per heavy atom. The number of aromatic nitrogens is 2. The topological polar surface area (TPSA) is 36.3 Å². The van der Waals surface area contributed by atoms with E-state index in [0.717, 1.165) is 36.2 Å². The van der Waals surface area contributed by atoms with Gasteiger partial charge in [-0.2, -0.15) is 18.3 Å². The van der Waals surface area contributed by atoms with Crippen molar-refractivity contribution in [3.05, 3.63) is 82.2 Å². The molecule has 0 amide bonds. The molecule has 1 aliphatic heterocycles. The van der Waals surface area contributed by atoms with Crippen LogP contribution in [0.25, 0.3) is 0 Å². The predicted molar refractivity (Wildman–Crippen MR) is 136 cm³/mol. The number of piperazine rings is 1. The molecule has 3 aromatic rings. The third kappa shape index (κ3) is 6.21. The van der Waals surface area contributed by atoms with Crippen LogP contribution in [0.5, 0.6) is 0 Å². The van der Waals surface area contributed by atoms with E-state index >= 15 is 0 Å². The Balaban J connectivity index is 1.33. The zero-order chi connectivity index (χ0) is 25.2. The summed E-state index contributed by atoms with van der Waals surface area (Å²) in [4.78, 5) is 4.26. The first-order valence-corrected chi connectivity index (χ1v) is 12.0. The van der Waals surface area contributed by atoms with Crippen LogP contribution in [0.2, 0.25) is 0 Å². The summed E-state index contributed by atoms with van der Waals surface area (Å²) in [6, 6.07) is 14.0. The van der Waals surface area contributed by atoms with Gasteiger partial charge in [-0.15, -0.1) is 0 Å². The third-order valence-electron chi connectivity index (χ3n) is 6.39. The van der Waals surface area contributed by atoms with Crippen molar-refractivity contribution in [3.63, 3.8) is 0 Å². The van der Waals surface area contributed by atoms with Gasteiger partial charge in [-0.05, 0) is 50.2 Å². The fourth-order valence-electron chi connectivity index (χ4n) is 4.30. The van der Waals surface area contributed by atoms with E-state index in [1.54, 1.807) is 6.07 Å². The fourth-order valence-corrected chi connectivity index (χ4v) is 4.58. The van der Waals surface area contributed by atoms with E-state index in [0.29, 0.717) is 36.9 Å². The normalized spacial score (nSPS) is 14.9. The molecular weight excluding hydrogens is 471 g/mol. The van der Waals surface area contributed by atoms with Gasteiger partial charge in [0.05, 0.1) is 29.2 Å². The second-order valence-electron chi connectivity index (χ2n) is 9.08. The minimum atomic E-state index is -4.32. The molecule has 35 heavy (non-hydrogen) atoms. The van der Waals surface area contributed by atoms with Crippen LogP contribution in [0.1, 0.15) is 33.6 Å². The zero-order valence-electron chi connectivity index (χ0n) is 20.2. The smallest absolute Gasteiger partial charge is 0.346 e. The molecule has 0 spiro atoms. The lowest BCUT2D eigenvalue weighted by Gasteiger charge is -2.36. The summed E-state index contributed by atoms with van der Waals surface area (Å²) in [6.07, 6.45) is -4.32. The van der Waals surface area contributed by atoms with E-state index in [1.807, 2.05) is 18.5 Å². The van der Waals surface area contributed by atoms with Crippen molar-refractivity contribution in [2.75, 3.05) is 31.5 Å². The molecule has 1 fully saturated rings. The Morgan fingerprint density at radius 3 is 2.29 bits per heavy atom. The number of thiocarbonyl (C=S) groups is 1. The molecule has 0 bridgehead atoms. The van der Waals surface area contributed by atoms with Crippen LogP contribution in [0.15, 0.2) is 48.5 Å². The van der Waals surface area contributed by atoms with Crippen LogP contribution < -0.4 is 5.32 Å². The Bertz CT molecular complexity index is 1180. The van der Waals surface area contributed by atoms with Crippen molar-refractivity contribution in [1.82, 2.24) is 19.6 Å². The highest BCUT2D eigenvalue weighted by atomic mass is 32.1. The van der Waals surface area contributed by atoms with Crippen LogP contribution in [0.3, 0.4) is 0 Å². The average Bonchev–Trinajstić information content (AvgIpc) is 3.08. The van der Waals surface area contributed by atoms with Gasteiger partial charge in [0.25, 0.3) is 0 Å². The Kier molecular flexibility index (Phi) is 7.47. The number of rotatable bonds is 5. The maximum atomic E-state index is 13.0. The lowest BCUT2D eigenvalue weighted by molar-refractivity contribution is -0.137. The zero-order valence-corrected chi connectivity index (χ0v) is 21.0. The van der Waals surface area contributed by atoms with Gasteiger partial charge >= 0.3 is 6.18 Å². The van der Waals surface area contributed by atoms with E-state index in [-0.39, 0.29) is 0 Å². The summed E-state index contributed by atoms with van der Waals surface area (Å²) in [5.41, 5.74) is 5.31. The monoisotopic (exact) mass is 501 g/mol. The second kappa shape index (κ2) is 10.4. The van der Waals surface area contributed by atoms with Crippen molar-refractivity contribution >= 4 is 23.0 Å². The highest BCUT2D eigenvalue weighted by Crippen LogP contribution is 2.30. The fraction of sp³-hybridized carbons (Fsp3) is 0.385. The predicted octanol–water partition coefficient (Wildman–Crippen LogP) is 5.39. The highest BCUT2D eigenvalue weighted by molar-refractivity contribution is 7.80. The number of anilines is 1. The summed E-state index contributed by atoms with van der Waals surface area (Å²) in [6.45, 7) is 10.1. The molecule has 4 rings (SSSR count). The van der Waals surface area contributed by atoms with Crippen LogP contribution in [-0.4, -0.2) is 50.9 Å². The van der Waals surface area contributed by atoms with Crippen LogP contribution >= 0.6 is 12.2 Å². The number of hydrogen-bond acceptors (Lipinski definition) is 3. The molecule has 1 saturated heterocycles. The molecule has 0 unspecified atom stereocenters. The molecule has 1 aromatic heterocycles. The molecule has 186 valence electrons. The molecule has 1 N–H and O–H groups in total. The SMILES string of the molecule is Cc1ccc(Cn2nc(C)c(NC(=S)N3CCN(Cc4cccc(C(F)(F)F)c4)CC3)c2C)cc1. The summed E-state index contributed by atoms with van der Waals surface area (Å²) >= 11 is 5.69. The molecule has 0 aliphatic carbocycles. The lowest BCUT2D eigenvalue weighted by Crippen LogP contribution is -2.49. The summed E-state index contributed by atoms with van der Waals surface area (Å²) < 4.78 is 41.0. The van der Waals surface area contributed by atoms with Gasteiger partial charge in [-0.25, -0.2) is 0 Å². The first-order valence-electron chi connectivity index (χ1n) is 11.6. The van der Waals surface area contributed by atoms with Gasteiger partial charge in [0.15, 0.2) is 5.11 Å². The molecule has 0 saturated carbocycles. The van der Waals surface area contributed by atoms with Crippen molar-refractivity contribution in [1.29, 1.82) is 0 Å². The van der Waals surface area contributed by atoms with Gasteiger partial charge in [0.2, 0.25) is 0 Å². The van der Waals surface area contributed by atoms with Crippen molar-refractivity contribution in [2.24, 2.45) is 0 Å². The van der Waals surface area contributed by atoms with Crippen molar-refractivity contribution < 1.29 is 13.2 Å². The van der Waals surface area contributed by atoms with Crippen molar-refractivity contribution in [3.8, 4) is 0 Å². The van der Waals surface area contributed by atoms with E-state index < -0.39 is 11.7 Å². The Labute approximate surface area is 209 Å². The summed E-state index contributed by atoms with van der Waals surface area (Å²) in [5.74, 6) is 0. The third-order valence-corrected chi connectivity index (χ3v) is 6.75. The van der Waals surface area contributed by atoms with Crippen LogP contribution in [-0.2, 0) is 19.3 Å². The number of hydrogen-bond donors (Lipinski definition) is 1.